The van der Waals surface area contributed by atoms with E-state index < -0.39 is 29.8 Å². The van der Waals surface area contributed by atoms with Gasteiger partial charge in [-0.3, -0.25) is 14.2 Å². The van der Waals surface area contributed by atoms with Crippen LogP contribution in [0.1, 0.15) is 5.56 Å². The minimum Gasteiger partial charge on any atom is -0.324 e. The minimum absolute atomic E-state index is 0.281. The first kappa shape index (κ1) is 18.4. The second-order valence-corrected chi connectivity index (χ2v) is 7.16. The number of fused-ring (bicyclic) bond motifs is 1. The number of carbonyl (C=O) groups excluding carboxylic acids is 1. The Morgan fingerprint density at radius 1 is 1.35 bits per heavy atom. The molecule has 1 N–H and O–H groups in total. The number of halogens is 3. The van der Waals surface area contributed by atoms with Crippen LogP contribution in [0.4, 0.5) is 18.9 Å². The van der Waals surface area contributed by atoms with E-state index >= 15 is 0 Å². The van der Waals surface area contributed by atoms with Crippen LogP contribution in [0.5, 0.6) is 0 Å². The Hall–Kier alpha value is -2.40. The first-order chi connectivity index (χ1) is 12.3. The highest BCUT2D eigenvalue weighted by Gasteiger charge is 2.33. The lowest BCUT2D eigenvalue weighted by atomic mass is 10.1. The molecular formula is C15H11F3N4O2S2. The summed E-state index contributed by atoms with van der Waals surface area (Å²) < 4.78 is 40.9. The number of para-hydroxylation sites is 1. The highest BCUT2D eigenvalue weighted by atomic mass is 32.2. The molecule has 0 aliphatic heterocycles. The third kappa shape index (κ3) is 3.73. The number of thioether (sulfide) groups is 1. The van der Waals surface area contributed by atoms with E-state index in [2.05, 4.69) is 15.3 Å². The molecule has 0 fully saturated rings. The van der Waals surface area contributed by atoms with Crippen LogP contribution < -0.4 is 10.9 Å². The van der Waals surface area contributed by atoms with Gasteiger partial charge in [0.05, 0.1) is 11.3 Å². The summed E-state index contributed by atoms with van der Waals surface area (Å²) >= 11 is 2.51. The van der Waals surface area contributed by atoms with Crippen molar-refractivity contribution in [2.24, 2.45) is 0 Å². The fraction of sp³-hybridized carbons (Fsp3) is 0.200. The molecule has 3 aromatic rings. The molecule has 0 saturated heterocycles. The van der Waals surface area contributed by atoms with E-state index in [1.165, 1.54) is 23.9 Å². The van der Waals surface area contributed by atoms with Gasteiger partial charge in [-0.1, -0.05) is 23.9 Å². The van der Waals surface area contributed by atoms with Crippen LogP contribution in [0.2, 0.25) is 0 Å². The number of hydrogen-bond acceptors (Lipinski definition) is 6. The topological polar surface area (TPSA) is 76.9 Å². The number of nitrogens with one attached hydrogen (secondary N) is 1. The molecular weight excluding hydrogens is 389 g/mol. The maximum absolute atomic E-state index is 13.0. The lowest BCUT2D eigenvalue weighted by molar-refractivity contribution is -0.137. The van der Waals surface area contributed by atoms with Gasteiger partial charge in [-0.2, -0.15) is 13.2 Å². The van der Waals surface area contributed by atoms with E-state index in [9.17, 15) is 22.8 Å². The zero-order chi connectivity index (χ0) is 18.9. The summed E-state index contributed by atoms with van der Waals surface area (Å²) in [6.45, 7) is -0.458. The second kappa shape index (κ2) is 7.08. The predicted octanol–water partition coefficient (Wildman–Crippen LogP) is 3.23. The fourth-order valence-corrected chi connectivity index (χ4v) is 3.67. The van der Waals surface area contributed by atoms with Crippen molar-refractivity contribution in [3.8, 4) is 0 Å². The van der Waals surface area contributed by atoms with Crippen molar-refractivity contribution >= 4 is 45.0 Å². The van der Waals surface area contributed by atoms with Gasteiger partial charge >= 0.3 is 6.18 Å². The maximum Gasteiger partial charge on any atom is 0.418 e. The number of carbonyl (C=O) groups is 1. The molecule has 1 aromatic carbocycles. The number of anilines is 1. The quantitative estimate of drug-likeness (QED) is 0.681. The van der Waals surface area contributed by atoms with Crippen LogP contribution in [0.3, 0.4) is 0 Å². The van der Waals surface area contributed by atoms with Crippen molar-refractivity contribution in [3.63, 3.8) is 0 Å². The van der Waals surface area contributed by atoms with E-state index in [4.69, 9.17) is 0 Å². The van der Waals surface area contributed by atoms with Crippen LogP contribution >= 0.6 is 23.1 Å². The molecule has 136 valence electrons. The van der Waals surface area contributed by atoms with Gasteiger partial charge in [-0.15, -0.1) is 11.3 Å². The summed E-state index contributed by atoms with van der Waals surface area (Å²) in [5, 5.41) is 2.19. The molecule has 0 saturated carbocycles. The Bertz CT molecular complexity index is 1030. The summed E-state index contributed by atoms with van der Waals surface area (Å²) in [6.07, 6.45) is -1.64. The molecule has 0 aliphatic carbocycles. The molecule has 6 nitrogen and oxygen atoms in total. The van der Waals surface area contributed by atoms with E-state index in [0.29, 0.717) is 9.04 Å². The molecule has 1 amide bonds. The minimum atomic E-state index is -4.60. The number of aromatic nitrogens is 3. The van der Waals surface area contributed by atoms with Gasteiger partial charge in [-0.05, 0) is 18.4 Å². The van der Waals surface area contributed by atoms with Crippen molar-refractivity contribution in [2.75, 3.05) is 11.6 Å². The Labute approximate surface area is 153 Å². The summed E-state index contributed by atoms with van der Waals surface area (Å²) in [4.78, 5) is 32.7. The van der Waals surface area contributed by atoms with Crippen LogP contribution in [0.25, 0.3) is 10.3 Å². The van der Waals surface area contributed by atoms with Gasteiger partial charge < -0.3 is 5.32 Å². The van der Waals surface area contributed by atoms with E-state index in [0.717, 1.165) is 34.4 Å². The Morgan fingerprint density at radius 3 is 2.77 bits per heavy atom. The Balaban J connectivity index is 1.84. The standard InChI is InChI=1S/C15H11F3N4O2S2/c1-25-14-21-12-11(26-14)13(24)22(7-19-12)6-10(23)20-9-5-3-2-4-8(9)15(16,17)18/h2-5,7H,6H2,1H3,(H,20,23). The van der Waals surface area contributed by atoms with Gasteiger partial charge in [-0.25, -0.2) is 9.97 Å². The molecule has 2 heterocycles. The third-order valence-corrected chi connectivity index (χ3v) is 5.38. The molecule has 0 spiro atoms. The normalized spacial score (nSPS) is 11.7. The number of rotatable bonds is 4. The molecule has 3 rings (SSSR count). The number of hydrogen-bond donors (Lipinski definition) is 1. The smallest absolute Gasteiger partial charge is 0.324 e. The fourth-order valence-electron chi connectivity index (χ4n) is 2.21. The molecule has 0 bridgehead atoms. The van der Waals surface area contributed by atoms with Crippen molar-refractivity contribution in [1.29, 1.82) is 0 Å². The third-order valence-electron chi connectivity index (χ3n) is 3.36. The lowest BCUT2D eigenvalue weighted by Gasteiger charge is -2.13. The zero-order valence-electron chi connectivity index (χ0n) is 13.2. The maximum atomic E-state index is 13.0. The van der Waals surface area contributed by atoms with Gasteiger partial charge in [0.2, 0.25) is 5.91 Å². The number of amides is 1. The van der Waals surface area contributed by atoms with Crippen LogP contribution in [-0.2, 0) is 17.5 Å². The largest absolute Gasteiger partial charge is 0.418 e. The molecule has 0 unspecified atom stereocenters. The summed E-state index contributed by atoms with van der Waals surface area (Å²) in [7, 11) is 0. The average Bonchev–Trinajstić information content (AvgIpc) is 3.01. The Morgan fingerprint density at radius 2 is 2.08 bits per heavy atom. The number of thiazole rings is 1. The van der Waals surface area contributed by atoms with Crippen molar-refractivity contribution in [2.45, 2.75) is 17.1 Å². The summed E-state index contributed by atoms with van der Waals surface area (Å²) in [5.41, 5.74) is -1.51. The monoisotopic (exact) mass is 400 g/mol. The molecule has 0 aliphatic rings. The molecule has 2 aromatic heterocycles. The van der Waals surface area contributed by atoms with Gasteiger partial charge in [0, 0.05) is 0 Å². The summed E-state index contributed by atoms with van der Waals surface area (Å²) in [5.74, 6) is -0.764. The molecule has 0 radical (unpaired) electrons. The summed E-state index contributed by atoms with van der Waals surface area (Å²) in [6, 6.07) is 4.63. The van der Waals surface area contributed by atoms with Crippen molar-refractivity contribution in [1.82, 2.24) is 14.5 Å². The van der Waals surface area contributed by atoms with E-state index in [1.807, 2.05) is 6.26 Å². The van der Waals surface area contributed by atoms with E-state index in [1.54, 1.807) is 0 Å². The first-order valence-electron chi connectivity index (χ1n) is 7.15. The number of alkyl halides is 3. The molecule has 26 heavy (non-hydrogen) atoms. The highest BCUT2D eigenvalue weighted by Crippen LogP contribution is 2.34. The number of benzene rings is 1. The van der Waals surface area contributed by atoms with Gasteiger partial charge in [0.1, 0.15) is 17.6 Å². The highest BCUT2D eigenvalue weighted by molar-refractivity contribution is 8.00. The van der Waals surface area contributed by atoms with Crippen LogP contribution in [0, 0.1) is 0 Å². The molecule has 0 atom stereocenters. The van der Waals surface area contributed by atoms with Crippen molar-refractivity contribution < 1.29 is 18.0 Å². The zero-order valence-corrected chi connectivity index (χ0v) is 14.8. The SMILES string of the molecule is CSc1nc2ncn(CC(=O)Nc3ccccc3C(F)(F)F)c(=O)c2s1. The van der Waals surface area contributed by atoms with Crippen LogP contribution in [-0.4, -0.2) is 26.7 Å². The van der Waals surface area contributed by atoms with E-state index in [-0.39, 0.29) is 11.3 Å². The van der Waals surface area contributed by atoms with Gasteiger partial charge in [0.25, 0.3) is 5.56 Å². The first-order valence-corrected chi connectivity index (χ1v) is 9.20. The van der Waals surface area contributed by atoms with Crippen LogP contribution in [0.15, 0.2) is 39.7 Å². The predicted molar refractivity (Wildman–Crippen MR) is 93.5 cm³/mol. The van der Waals surface area contributed by atoms with Gasteiger partial charge in [0.15, 0.2) is 9.99 Å². The lowest BCUT2D eigenvalue weighted by Crippen LogP contribution is -2.28. The molecule has 11 heteroatoms. The average molecular weight is 400 g/mol. The second-order valence-electron chi connectivity index (χ2n) is 5.11. The van der Waals surface area contributed by atoms with Crippen molar-refractivity contribution in [3.05, 3.63) is 46.5 Å². The number of nitrogens with zero attached hydrogens (tertiary/aromatic N) is 3. The Kier molecular flexibility index (Phi) is 5.01.